The van der Waals surface area contributed by atoms with Gasteiger partial charge in [0.15, 0.2) is 0 Å². The predicted octanol–water partition coefficient (Wildman–Crippen LogP) is 3.11. The van der Waals surface area contributed by atoms with Crippen LogP contribution in [0.2, 0.25) is 0 Å². The first-order chi connectivity index (χ1) is 8.35. The molecule has 1 aromatic heterocycles. The zero-order chi connectivity index (χ0) is 12.1. The molecule has 0 spiro atoms. The minimum absolute atomic E-state index is 0.573. The second-order valence-corrected chi connectivity index (χ2v) is 4.25. The Bertz CT molecular complexity index is 563. The molecule has 2 aromatic rings. The third kappa shape index (κ3) is 2.58. The van der Waals surface area contributed by atoms with Crippen LogP contribution in [-0.2, 0) is 0 Å². The largest absolute Gasteiger partial charge is 0.496 e. The highest BCUT2D eigenvalue weighted by atomic mass is 32.2. The van der Waals surface area contributed by atoms with Gasteiger partial charge in [0.05, 0.1) is 17.6 Å². The number of rotatable bonds is 3. The molecule has 0 bridgehead atoms. The van der Waals surface area contributed by atoms with E-state index in [9.17, 15) is 0 Å². The first kappa shape index (κ1) is 11.5. The molecule has 1 aromatic carbocycles. The van der Waals surface area contributed by atoms with Crippen molar-refractivity contribution in [3.8, 4) is 11.8 Å². The summed E-state index contributed by atoms with van der Waals surface area (Å²) in [7, 11) is 1.63. The number of pyridine rings is 1. The number of benzene rings is 1. The van der Waals surface area contributed by atoms with E-state index in [1.54, 1.807) is 25.4 Å². The zero-order valence-corrected chi connectivity index (χ0v) is 10.1. The van der Waals surface area contributed by atoms with Gasteiger partial charge in [-0.3, -0.25) is 0 Å². The van der Waals surface area contributed by atoms with Crippen LogP contribution in [0.4, 0.5) is 0 Å². The predicted molar refractivity (Wildman–Crippen MR) is 66.1 cm³/mol. The summed E-state index contributed by atoms with van der Waals surface area (Å²) in [6, 6.07) is 13.3. The van der Waals surface area contributed by atoms with Crippen molar-refractivity contribution >= 4 is 11.8 Å². The average Bonchev–Trinajstić information content (AvgIpc) is 2.40. The van der Waals surface area contributed by atoms with E-state index in [2.05, 4.69) is 11.1 Å². The first-order valence-corrected chi connectivity index (χ1v) is 5.83. The van der Waals surface area contributed by atoms with Crippen LogP contribution < -0.4 is 4.74 Å². The smallest absolute Gasteiger partial charge is 0.132 e. The molecule has 0 aliphatic heterocycles. The molecular weight excluding hydrogens is 232 g/mol. The number of para-hydroxylation sites is 1. The van der Waals surface area contributed by atoms with Crippen LogP contribution in [0, 0.1) is 11.3 Å². The van der Waals surface area contributed by atoms with Gasteiger partial charge in [0, 0.05) is 6.20 Å². The van der Waals surface area contributed by atoms with Crippen molar-refractivity contribution in [3.63, 3.8) is 0 Å². The number of methoxy groups -OCH3 is 1. The Morgan fingerprint density at radius 3 is 2.82 bits per heavy atom. The van der Waals surface area contributed by atoms with Crippen LogP contribution in [0.1, 0.15) is 5.56 Å². The summed E-state index contributed by atoms with van der Waals surface area (Å²) in [5, 5.41) is 9.68. The van der Waals surface area contributed by atoms with Crippen LogP contribution >= 0.6 is 11.8 Å². The van der Waals surface area contributed by atoms with E-state index >= 15 is 0 Å². The molecule has 0 atom stereocenters. The Morgan fingerprint density at radius 1 is 1.24 bits per heavy atom. The quantitative estimate of drug-likeness (QED) is 0.829. The van der Waals surface area contributed by atoms with E-state index in [-0.39, 0.29) is 0 Å². The highest BCUT2D eigenvalue weighted by Gasteiger charge is 2.08. The Morgan fingerprint density at radius 2 is 2.06 bits per heavy atom. The Kier molecular flexibility index (Phi) is 3.63. The fraction of sp³-hybridized carbons (Fsp3) is 0.0769. The summed E-state index contributed by atoms with van der Waals surface area (Å²) in [6.07, 6.45) is 1.68. The minimum Gasteiger partial charge on any atom is -0.496 e. The molecule has 17 heavy (non-hydrogen) atoms. The third-order valence-corrected chi connectivity index (χ3v) is 3.24. The van der Waals surface area contributed by atoms with Crippen LogP contribution in [0.3, 0.4) is 0 Å². The van der Waals surface area contributed by atoms with Gasteiger partial charge in [0.25, 0.3) is 0 Å². The fourth-order valence-electron chi connectivity index (χ4n) is 1.36. The molecule has 0 unspecified atom stereocenters. The van der Waals surface area contributed by atoms with Gasteiger partial charge in [-0.1, -0.05) is 23.9 Å². The second kappa shape index (κ2) is 5.37. The maximum absolute atomic E-state index is 8.99. The maximum Gasteiger partial charge on any atom is 0.132 e. The molecule has 84 valence electrons. The molecule has 2 rings (SSSR count). The second-order valence-electron chi connectivity index (χ2n) is 3.22. The standard InChI is InChI=1S/C13H10N2OS/c1-16-11-6-2-3-7-12(11)17-13-10(9-14)5-4-8-15-13/h2-8H,1H3. The van der Waals surface area contributed by atoms with E-state index in [0.717, 1.165) is 10.6 Å². The minimum atomic E-state index is 0.573. The fourth-order valence-corrected chi connectivity index (χ4v) is 2.31. The molecule has 0 radical (unpaired) electrons. The van der Waals surface area contributed by atoms with Gasteiger partial charge >= 0.3 is 0 Å². The molecule has 0 aliphatic carbocycles. The highest BCUT2D eigenvalue weighted by Crippen LogP contribution is 2.34. The normalized spacial score (nSPS) is 9.65. The van der Waals surface area contributed by atoms with E-state index in [1.807, 2.05) is 24.3 Å². The van der Waals surface area contributed by atoms with Crippen molar-refractivity contribution in [2.45, 2.75) is 9.92 Å². The molecule has 0 saturated heterocycles. The van der Waals surface area contributed by atoms with Crippen LogP contribution in [0.25, 0.3) is 0 Å². The van der Waals surface area contributed by atoms with Gasteiger partial charge < -0.3 is 4.74 Å². The first-order valence-electron chi connectivity index (χ1n) is 5.01. The number of nitrogens with zero attached hydrogens (tertiary/aromatic N) is 2. The maximum atomic E-state index is 8.99. The summed E-state index contributed by atoms with van der Waals surface area (Å²) in [5.74, 6) is 0.784. The summed E-state index contributed by atoms with van der Waals surface area (Å²) in [6.45, 7) is 0. The van der Waals surface area contributed by atoms with Crippen molar-refractivity contribution in [3.05, 3.63) is 48.2 Å². The van der Waals surface area contributed by atoms with E-state index in [4.69, 9.17) is 10.00 Å². The van der Waals surface area contributed by atoms with Crippen LogP contribution in [0.5, 0.6) is 5.75 Å². The lowest BCUT2D eigenvalue weighted by Gasteiger charge is -2.07. The lowest BCUT2D eigenvalue weighted by atomic mass is 10.3. The lowest BCUT2D eigenvalue weighted by Crippen LogP contribution is -1.88. The topological polar surface area (TPSA) is 45.9 Å². The molecule has 3 nitrogen and oxygen atoms in total. The number of hydrogen-bond donors (Lipinski definition) is 0. The van der Waals surface area contributed by atoms with Gasteiger partial charge in [-0.05, 0) is 24.3 Å². The Labute approximate surface area is 104 Å². The monoisotopic (exact) mass is 242 g/mol. The number of nitriles is 1. The van der Waals surface area contributed by atoms with Crippen molar-refractivity contribution in [2.75, 3.05) is 7.11 Å². The third-order valence-electron chi connectivity index (χ3n) is 2.17. The van der Waals surface area contributed by atoms with Gasteiger partial charge in [0.1, 0.15) is 16.8 Å². The molecule has 0 aliphatic rings. The average molecular weight is 242 g/mol. The molecule has 0 N–H and O–H groups in total. The molecule has 1 heterocycles. The van der Waals surface area contributed by atoms with Gasteiger partial charge in [0.2, 0.25) is 0 Å². The Balaban J connectivity index is 2.35. The van der Waals surface area contributed by atoms with Crippen molar-refractivity contribution in [1.82, 2.24) is 4.98 Å². The molecule has 0 fully saturated rings. The summed E-state index contributed by atoms with van der Waals surface area (Å²) >= 11 is 1.43. The van der Waals surface area contributed by atoms with Crippen molar-refractivity contribution in [2.24, 2.45) is 0 Å². The van der Waals surface area contributed by atoms with Crippen molar-refractivity contribution in [1.29, 1.82) is 5.26 Å². The SMILES string of the molecule is COc1ccccc1Sc1ncccc1C#N. The highest BCUT2D eigenvalue weighted by molar-refractivity contribution is 7.99. The number of ether oxygens (including phenoxy) is 1. The van der Waals surface area contributed by atoms with E-state index in [1.165, 1.54) is 11.8 Å². The molecule has 4 heteroatoms. The summed E-state index contributed by atoms with van der Waals surface area (Å²) in [5.41, 5.74) is 0.573. The summed E-state index contributed by atoms with van der Waals surface area (Å²) < 4.78 is 5.26. The molecule has 0 saturated carbocycles. The van der Waals surface area contributed by atoms with Crippen molar-refractivity contribution < 1.29 is 4.74 Å². The zero-order valence-electron chi connectivity index (χ0n) is 9.25. The van der Waals surface area contributed by atoms with Crippen LogP contribution in [0.15, 0.2) is 52.5 Å². The van der Waals surface area contributed by atoms with Gasteiger partial charge in [-0.15, -0.1) is 0 Å². The lowest BCUT2D eigenvalue weighted by molar-refractivity contribution is 0.405. The van der Waals surface area contributed by atoms with Gasteiger partial charge in [-0.2, -0.15) is 5.26 Å². The Hall–Kier alpha value is -1.99. The van der Waals surface area contributed by atoms with E-state index in [0.29, 0.717) is 10.6 Å². The summed E-state index contributed by atoms with van der Waals surface area (Å²) in [4.78, 5) is 5.15. The van der Waals surface area contributed by atoms with Gasteiger partial charge in [-0.25, -0.2) is 4.98 Å². The molecular formula is C13H10N2OS. The molecule has 0 amide bonds. The number of hydrogen-bond acceptors (Lipinski definition) is 4. The number of aromatic nitrogens is 1. The van der Waals surface area contributed by atoms with Crippen LogP contribution in [-0.4, -0.2) is 12.1 Å². The van der Waals surface area contributed by atoms with E-state index < -0.39 is 0 Å².